The highest BCUT2D eigenvalue weighted by Gasteiger charge is 2.13. The van der Waals surface area contributed by atoms with Gasteiger partial charge in [0.2, 0.25) is 0 Å². The molecule has 0 radical (unpaired) electrons. The van der Waals surface area contributed by atoms with Crippen LogP contribution in [-0.4, -0.2) is 11.8 Å². The molecule has 2 N–H and O–H groups in total. The van der Waals surface area contributed by atoms with Crippen LogP contribution in [-0.2, 0) is 16.1 Å². The van der Waals surface area contributed by atoms with E-state index in [0.29, 0.717) is 15.7 Å². The Morgan fingerprint density at radius 2 is 1.64 bits per heavy atom. The van der Waals surface area contributed by atoms with Gasteiger partial charge in [-0.2, -0.15) is 0 Å². The lowest BCUT2D eigenvalue weighted by Gasteiger charge is -2.07. The van der Waals surface area contributed by atoms with Gasteiger partial charge >= 0.3 is 11.8 Å². The summed E-state index contributed by atoms with van der Waals surface area (Å²) in [6, 6.07) is 12.3. The molecule has 2 amide bonds. The number of benzene rings is 2. The van der Waals surface area contributed by atoms with E-state index in [1.807, 2.05) is 31.2 Å². The third kappa shape index (κ3) is 4.48. The first-order chi connectivity index (χ1) is 10.5. The van der Waals surface area contributed by atoms with Crippen molar-refractivity contribution in [1.82, 2.24) is 5.32 Å². The standard InChI is InChI=1S/C16H14Cl2N2O2/c1-10-2-4-11(5-3-10)9-19-15(21)16(22)20-12-6-7-13(17)14(18)8-12/h2-8H,9H2,1H3,(H,19,21)(H,20,22). The molecule has 0 heterocycles. The molecule has 0 saturated carbocycles. The van der Waals surface area contributed by atoms with Crippen molar-refractivity contribution in [2.24, 2.45) is 0 Å². The summed E-state index contributed by atoms with van der Waals surface area (Å²) in [6.07, 6.45) is 0. The predicted molar refractivity (Wildman–Crippen MR) is 88.1 cm³/mol. The minimum atomic E-state index is -0.759. The number of nitrogens with one attached hydrogen (secondary N) is 2. The summed E-state index contributed by atoms with van der Waals surface area (Å²) in [5.74, 6) is -1.47. The summed E-state index contributed by atoms with van der Waals surface area (Å²) in [4.78, 5) is 23.5. The number of hydrogen-bond donors (Lipinski definition) is 2. The van der Waals surface area contributed by atoms with Gasteiger partial charge in [-0.1, -0.05) is 53.0 Å². The van der Waals surface area contributed by atoms with Crippen LogP contribution >= 0.6 is 23.2 Å². The van der Waals surface area contributed by atoms with Gasteiger partial charge in [0.05, 0.1) is 10.0 Å². The SMILES string of the molecule is Cc1ccc(CNC(=O)C(=O)Nc2ccc(Cl)c(Cl)c2)cc1. The number of carbonyl (C=O) groups excluding carboxylic acids is 2. The normalized spacial score (nSPS) is 10.1. The van der Waals surface area contributed by atoms with Crippen LogP contribution in [0.1, 0.15) is 11.1 Å². The molecule has 2 aromatic carbocycles. The molecule has 0 aliphatic heterocycles. The highest BCUT2D eigenvalue weighted by Crippen LogP contribution is 2.24. The molecule has 0 aliphatic carbocycles. The van der Waals surface area contributed by atoms with Crippen LogP contribution < -0.4 is 10.6 Å². The average molecular weight is 337 g/mol. The van der Waals surface area contributed by atoms with Gasteiger partial charge in [0.1, 0.15) is 0 Å². The van der Waals surface area contributed by atoms with E-state index in [1.54, 1.807) is 12.1 Å². The molecule has 0 fully saturated rings. The number of hydrogen-bond acceptors (Lipinski definition) is 2. The van der Waals surface area contributed by atoms with E-state index >= 15 is 0 Å². The molecular formula is C16H14Cl2N2O2. The highest BCUT2D eigenvalue weighted by atomic mass is 35.5. The van der Waals surface area contributed by atoms with Crippen molar-refractivity contribution in [2.75, 3.05) is 5.32 Å². The number of aryl methyl sites for hydroxylation is 1. The van der Waals surface area contributed by atoms with Crippen LogP contribution in [0, 0.1) is 6.92 Å². The summed E-state index contributed by atoms with van der Waals surface area (Å²) in [6.45, 7) is 2.26. The number of amides is 2. The quantitative estimate of drug-likeness (QED) is 0.842. The second-order valence-electron chi connectivity index (χ2n) is 4.75. The van der Waals surface area contributed by atoms with Gasteiger partial charge in [-0.3, -0.25) is 9.59 Å². The maximum absolute atomic E-state index is 11.8. The van der Waals surface area contributed by atoms with Crippen molar-refractivity contribution in [1.29, 1.82) is 0 Å². The number of anilines is 1. The fourth-order valence-corrected chi connectivity index (χ4v) is 2.03. The predicted octanol–water partition coefficient (Wildman–Crippen LogP) is 3.56. The fraction of sp³-hybridized carbons (Fsp3) is 0.125. The van der Waals surface area contributed by atoms with Crippen LogP contribution in [0.15, 0.2) is 42.5 Å². The molecule has 0 aliphatic rings. The number of halogens is 2. The summed E-state index contributed by atoms with van der Waals surface area (Å²) < 4.78 is 0. The lowest BCUT2D eigenvalue weighted by Crippen LogP contribution is -2.34. The van der Waals surface area contributed by atoms with E-state index in [2.05, 4.69) is 10.6 Å². The van der Waals surface area contributed by atoms with Gasteiger partial charge in [-0.25, -0.2) is 0 Å². The molecule has 22 heavy (non-hydrogen) atoms. The van der Waals surface area contributed by atoms with Gasteiger partial charge in [0.15, 0.2) is 0 Å². The minimum absolute atomic E-state index is 0.286. The zero-order valence-corrected chi connectivity index (χ0v) is 13.3. The Morgan fingerprint density at radius 3 is 2.27 bits per heavy atom. The first kappa shape index (κ1) is 16.3. The lowest BCUT2D eigenvalue weighted by atomic mass is 10.1. The smallest absolute Gasteiger partial charge is 0.313 e. The van der Waals surface area contributed by atoms with Crippen molar-refractivity contribution in [3.8, 4) is 0 Å². The molecule has 6 heteroatoms. The van der Waals surface area contributed by atoms with Crippen LogP contribution in [0.25, 0.3) is 0 Å². The van der Waals surface area contributed by atoms with E-state index < -0.39 is 11.8 Å². The second kappa shape index (κ2) is 7.29. The molecule has 2 rings (SSSR count). The number of rotatable bonds is 3. The highest BCUT2D eigenvalue weighted by molar-refractivity contribution is 6.42. The van der Waals surface area contributed by atoms with Crippen LogP contribution in [0.2, 0.25) is 10.0 Å². The molecule has 4 nitrogen and oxygen atoms in total. The summed E-state index contributed by atoms with van der Waals surface area (Å²) >= 11 is 11.6. The van der Waals surface area contributed by atoms with Crippen molar-refractivity contribution in [3.05, 3.63) is 63.6 Å². The summed E-state index contributed by atoms with van der Waals surface area (Å²) in [7, 11) is 0. The molecule has 114 valence electrons. The Labute approximate surface area is 138 Å². The molecule has 0 unspecified atom stereocenters. The van der Waals surface area contributed by atoms with Gasteiger partial charge in [0.25, 0.3) is 0 Å². The van der Waals surface area contributed by atoms with Gasteiger partial charge < -0.3 is 10.6 Å². The Morgan fingerprint density at radius 1 is 0.955 bits per heavy atom. The van der Waals surface area contributed by atoms with Gasteiger partial charge in [-0.05, 0) is 30.7 Å². The summed E-state index contributed by atoms with van der Waals surface area (Å²) in [5, 5.41) is 5.70. The topological polar surface area (TPSA) is 58.2 Å². The van der Waals surface area contributed by atoms with E-state index in [0.717, 1.165) is 11.1 Å². The zero-order chi connectivity index (χ0) is 16.1. The zero-order valence-electron chi connectivity index (χ0n) is 11.8. The van der Waals surface area contributed by atoms with E-state index in [4.69, 9.17) is 23.2 Å². The van der Waals surface area contributed by atoms with Crippen LogP contribution in [0.4, 0.5) is 5.69 Å². The largest absolute Gasteiger partial charge is 0.344 e. The monoisotopic (exact) mass is 336 g/mol. The average Bonchev–Trinajstić information content (AvgIpc) is 2.50. The first-order valence-corrected chi connectivity index (χ1v) is 7.31. The second-order valence-corrected chi connectivity index (χ2v) is 5.57. The van der Waals surface area contributed by atoms with E-state index in [9.17, 15) is 9.59 Å². The van der Waals surface area contributed by atoms with Crippen molar-refractivity contribution in [3.63, 3.8) is 0 Å². The van der Waals surface area contributed by atoms with Crippen molar-refractivity contribution < 1.29 is 9.59 Å². The Bertz CT molecular complexity index is 700. The van der Waals surface area contributed by atoms with Gasteiger partial charge in [0, 0.05) is 12.2 Å². The molecule has 0 spiro atoms. The molecule has 0 bridgehead atoms. The Hall–Kier alpha value is -2.04. The van der Waals surface area contributed by atoms with Gasteiger partial charge in [-0.15, -0.1) is 0 Å². The molecule has 2 aromatic rings. The Balaban J connectivity index is 1.90. The third-order valence-electron chi connectivity index (χ3n) is 2.96. The fourth-order valence-electron chi connectivity index (χ4n) is 1.73. The molecule has 0 atom stereocenters. The minimum Gasteiger partial charge on any atom is -0.344 e. The van der Waals surface area contributed by atoms with Crippen LogP contribution in [0.3, 0.4) is 0 Å². The lowest BCUT2D eigenvalue weighted by molar-refractivity contribution is -0.136. The molecule has 0 aromatic heterocycles. The first-order valence-electron chi connectivity index (χ1n) is 6.55. The summed E-state index contributed by atoms with van der Waals surface area (Å²) in [5.41, 5.74) is 2.46. The Kier molecular flexibility index (Phi) is 5.41. The maximum atomic E-state index is 11.8. The van der Waals surface area contributed by atoms with Crippen molar-refractivity contribution >= 4 is 40.7 Å². The van der Waals surface area contributed by atoms with E-state index in [1.165, 1.54) is 6.07 Å². The molecular weight excluding hydrogens is 323 g/mol. The number of carbonyl (C=O) groups is 2. The maximum Gasteiger partial charge on any atom is 0.313 e. The van der Waals surface area contributed by atoms with Crippen molar-refractivity contribution in [2.45, 2.75) is 13.5 Å². The van der Waals surface area contributed by atoms with E-state index in [-0.39, 0.29) is 6.54 Å². The third-order valence-corrected chi connectivity index (χ3v) is 3.70. The molecule has 0 saturated heterocycles. The van der Waals surface area contributed by atoms with Crippen LogP contribution in [0.5, 0.6) is 0 Å².